The van der Waals surface area contributed by atoms with Crippen LogP contribution in [0.5, 0.6) is 5.75 Å². The first-order valence-corrected chi connectivity index (χ1v) is 8.81. The van der Waals surface area contributed by atoms with Crippen molar-refractivity contribution in [2.75, 3.05) is 13.2 Å². The molecule has 0 saturated heterocycles. The van der Waals surface area contributed by atoms with Crippen molar-refractivity contribution in [1.82, 2.24) is 9.55 Å². The van der Waals surface area contributed by atoms with Crippen LogP contribution in [0.25, 0.3) is 5.69 Å². The molecule has 2 N–H and O–H groups in total. The van der Waals surface area contributed by atoms with Crippen LogP contribution in [0.2, 0.25) is 0 Å². The van der Waals surface area contributed by atoms with Crippen molar-refractivity contribution in [2.24, 2.45) is 5.73 Å². The van der Waals surface area contributed by atoms with E-state index in [1.807, 2.05) is 22.9 Å². The minimum absolute atomic E-state index is 0.803. The van der Waals surface area contributed by atoms with Gasteiger partial charge in [-0.05, 0) is 43.7 Å². The van der Waals surface area contributed by atoms with E-state index in [-0.39, 0.29) is 0 Å². The molecule has 0 spiro atoms. The van der Waals surface area contributed by atoms with Gasteiger partial charge in [0.2, 0.25) is 0 Å². The number of hydrogen-bond acceptors (Lipinski definition) is 3. The molecule has 4 heteroatoms. The monoisotopic (exact) mass is 315 g/mol. The van der Waals surface area contributed by atoms with Gasteiger partial charge >= 0.3 is 0 Å². The van der Waals surface area contributed by atoms with Crippen molar-refractivity contribution in [2.45, 2.75) is 51.4 Å². The van der Waals surface area contributed by atoms with Gasteiger partial charge in [0.15, 0.2) is 0 Å². The quantitative estimate of drug-likeness (QED) is 0.593. The number of ether oxygens (including phenoxy) is 1. The maximum atomic E-state index is 5.80. The van der Waals surface area contributed by atoms with Gasteiger partial charge in [0.1, 0.15) is 5.75 Å². The number of benzene rings is 1. The highest BCUT2D eigenvalue weighted by atomic mass is 16.5. The van der Waals surface area contributed by atoms with E-state index in [1.165, 1.54) is 44.9 Å². The molecule has 126 valence electrons. The highest BCUT2D eigenvalue weighted by Crippen LogP contribution is 2.16. The van der Waals surface area contributed by atoms with E-state index in [0.29, 0.717) is 0 Å². The van der Waals surface area contributed by atoms with Gasteiger partial charge in [0.25, 0.3) is 0 Å². The smallest absolute Gasteiger partial charge is 0.119 e. The summed E-state index contributed by atoms with van der Waals surface area (Å²) in [5.41, 5.74) is 6.59. The number of aromatic nitrogens is 2. The van der Waals surface area contributed by atoms with Crippen LogP contribution in [0.4, 0.5) is 0 Å². The molecule has 0 atom stereocenters. The summed E-state index contributed by atoms with van der Waals surface area (Å²) in [6.07, 6.45) is 15.7. The Morgan fingerprint density at radius 3 is 2.13 bits per heavy atom. The van der Waals surface area contributed by atoms with Gasteiger partial charge in [-0.1, -0.05) is 38.5 Å². The highest BCUT2D eigenvalue weighted by molar-refractivity contribution is 5.37. The van der Waals surface area contributed by atoms with Crippen molar-refractivity contribution in [3.05, 3.63) is 43.0 Å². The Balaban J connectivity index is 1.51. The van der Waals surface area contributed by atoms with Crippen molar-refractivity contribution in [3.8, 4) is 11.4 Å². The molecule has 2 rings (SSSR count). The van der Waals surface area contributed by atoms with Crippen LogP contribution in [0.3, 0.4) is 0 Å². The van der Waals surface area contributed by atoms with Crippen LogP contribution in [0.15, 0.2) is 43.0 Å². The van der Waals surface area contributed by atoms with E-state index in [1.54, 1.807) is 12.5 Å². The first-order chi connectivity index (χ1) is 11.4. The van der Waals surface area contributed by atoms with Gasteiger partial charge < -0.3 is 15.0 Å². The van der Waals surface area contributed by atoms with Gasteiger partial charge in [-0.25, -0.2) is 4.98 Å². The van der Waals surface area contributed by atoms with Gasteiger partial charge in [0.05, 0.1) is 12.9 Å². The molecule has 0 amide bonds. The molecule has 0 aliphatic rings. The first-order valence-electron chi connectivity index (χ1n) is 8.81. The number of rotatable bonds is 12. The normalized spacial score (nSPS) is 10.8. The lowest BCUT2D eigenvalue weighted by Gasteiger charge is -2.08. The molecule has 0 unspecified atom stereocenters. The van der Waals surface area contributed by atoms with Crippen molar-refractivity contribution in [3.63, 3.8) is 0 Å². The van der Waals surface area contributed by atoms with Crippen molar-refractivity contribution < 1.29 is 4.74 Å². The van der Waals surface area contributed by atoms with Gasteiger partial charge in [-0.15, -0.1) is 0 Å². The lowest BCUT2D eigenvalue weighted by atomic mass is 10.1. The Hall–Kier alpha value is -1.81. The molecule has 0 radical (unpaired) electrons. The molecule has 1 aromatic heterocycles. The fraction of sp³-hybridized carbons (Fsp3) is 0.526. The number of nitrogens with zero attached hydrogens (tertiary/aromatic N) is 2. The van der Waals surface area contributed by atoms with Crippen LogP contribution >= 0.6 is 0 Å². The van der Waals surface area contributed by atoms with Crippen LogP contribution in [-0.2, 0) is 0 Å². The summed E-state index contributed by atoms with van der Waals surface area (Å²) < 4.78 is 7.78. The summed E-state index contributed by atoms with van der Waals surface area (Å²) in [7, 11) is 0. The zero-order valence-corrected chi connectivity index (χ0v) is 14.0. The molecule has 2 aromatic rings. The Labute approximate surface area is 139 Å². The van der Waals surface area contributed by atoms with Crippen LogP contribution in [0.1, 0.15) is 51.4 Å². The zero-order chi connectivity index (χ0) is 16.2. The molecule has 0 fully saturated rings. The van der Waals surface area contributed by atoms with Gasteiger partial charge in [-0.2, -0.15) is 0 Å². The Morgan fingerprint density at radius 1 is 0.870 bits per heavy atom. The third-order valence-electron chi connectivity index (χ3n) is 4.01. The largest absolute Gasteiger partial charge is 0.494 e. The SMILES string of the molecule is NCCCCCCCCCCOc1ccc(-n2ccnc2)cc1. The summed E-state index contributed by atoms with van der Waals surface area (Å²) in [5, 5.41) is 0. The van der Waals surface area contributed by atoms with Crippen LogP contribution < -0.4 is 10.5 Å². The van der Waals surface area contributed by atoms with Crippen molar-refractivity contribution >= 4 is 0 Å². The van der Waals surface area contributed by atoms with E-state index in [2.05, 4.69) is 17.1 Å². The Morgan fingerprint density at radius 2 is 1.52 bits per heavy atom. The lowest BCUT2D eigenvalue weighted by molar-refractivity contribution is 0.304. The van der Waals surface area contributed by atoms with E-state index in [0.717, 1.165) is 31.0 Å². The summed E-state index contributed by atoms with van der Waals surface area (Å²) in [6.45, 7) is 1.64. The first kappa shape index (κ1) is 17.5. The van der Waals surface area contributed by atoms with E-state index in [4.69, 9.17) is 10.5 Å². The molecule has 4 nitrogen and oxygen atoms in total. The summed E-state index contributed by atoms with van der Waals surface area (Å²) in [5.74, 6) is 0.940. The minimum Gasteiger partial charge on any atom is -0.494 e. The van der Waals surface area contributed by atoms with Gasteiger partial charge in [0, 0.05) is 18.1 Å². The maximum Gasteiger partial charge on any atom is 0.119 e. The molecule has 0 bridgehead atoms. The number of unbranched alkanes of at least 4 members (excludes halogenated alkanes) is 7. The highest BCUT2D eigenvalue weighted by Gasteiger charge is 1.98. The number of imidazole rings is 1. The fourth-order valence-corrected chi connectivity index (χ4v) is 2.62. The van der Waals surface area contributed by atoms with Crippen LogP contribution in [-0.4, -0.2) is 22.7 Å². The van der Waals surface area contributed by atoms with Crippen LogP contribution in [0, 0.1) is 0 Å². The third kappa shape index (κ3) is 6.87. The topological polar surface area (TPSA) is 53.1 Å². The molecule has 0 aliphatic carbocycles. The predicted molar refractivity (Wildman–Crippen MR) is 95.0 cm³/mol. The van der Waals surface area contributed by atoms with Gasteiger partial charge in [-0.3, -0.25) is 0 Å². The number of hydrogen-bond donors (Lipinski definition) is 1. The maximum absolute atomic E-state index is 5.80. The second kappa shape index (κ2) is 10.8. The molecule has 1 aromatic carbocycles. The second-order valence-corrected chi connectivity index (χ2v) is 5.93. The second-order valence-electron chi connectivity index (χ2n) is 5.93. The van der Waals surface area contributed by atoms with E-state index >= 15 is 0 Å². The zero-order valence-electron chi connectivity index (χ0n) is 14.0. The Kier molecular flexibility index (Phi) is 8.27. The average Bonchev–Trinajstić information content (AvgIpc) is 3.12. The molecular formula is C19H29N3O. The summed E-state index contributed by atoms with van der Waals surface area (Å²) in [4.78, 5) is 4.05. The Bertz CT molecular complexity index is 508. The lowest BCUT2D eigenvalue weighted by Crippen LogP contribution is -1.98. The number of nitrogens with two attached hydrogens (primary N) is 1. The van der Waals surface area contributed by atoms with E-state index < -0.39 is 0 Å². The standard InChI is InChI=1S/C19H29N3O/c20-13-7-5-3-1-2-4-6-8-16-23-19-11-9-18(10-12-19)22-15-14-21-17-22/h9-12,14-15,17H,1-8,13,16,20H2. The molecule has 1 heterocycles. The summed E-state index contributed by atoms with van der Waals surface area (Å²) in [6, 6.07) is 8.15. The fourth-order valence-electron chi connectivity index (χ4n) is 2.62. The predicted octanol–water partition coefficient (Wildman–Crippen LogP) is 4.33. The van der Waals surface area contributed by atoms with Crippen molar-refractivity contribution in [1.29, 1.82) is 0 Å². The minimum atomic E-state index is 0.803. The third-order valence-corrected chi connectivity index (χ3v) is 4.01. The molecule has 0 saturated carbocycles. The average molecular weight is 315 g/mol. The summed E-state index contributed by atoms with van der Waals surface area (Å²) >= 11 is 0. The molecule has 0 aliphatic heterocycles. The van der Waals surface area contributed by atoms with E-state index in [9.17, 15) is 0 Å². The molecular weight excluding hydrogens is 286 g/mol. The molecule has 23 heavy (non-hydrogen) atoms.